The molecule has 0 spiro atoms. The molecule has 0 unspecified atom stereocenters. The van der Waals surface area contributed by atoms with E-state index in [0.717, 1.165) is 35.1 Å². The van der Waals surface area contributed by atoms with Crippen LogP contribution in [0.25, 0.3) is 11.1 Å². The van der Waals surface area contributed by atoms with Crippen LogP contribution in [0.2, 0.25) is 0 Å². The minimum Gasteiger partial charge on any atom is -0.468 e. The number of aryl methyl sites for hydroxylation is 1. The molecule has 0 bridgehead atoms. The van der Waals surface area contributed by atoms with Crippen molar-refractivity contribution >= 4 is 21.6 Å². The topological polar surface area (TPSA) is 107 Å². The van der Waals surface area contributed by atoms with Gasteiger partial charge in [-0.1, -0.05) is 24.3 Å². The van der Waals surface area contributed by atoms with E-state index in [1.165, 1.54) is 6.26 Å². The zero-order valence-electron chi connectivity index (χ0n) is 20.7. The second kappa shape index (κ2) is 9.34. The molecule has 38 heavy (non-hydrogen) atoms. The standard InChI is InChI=1S/C29H26N2O6S.H2/c1-19-4-8-22(31-28(32)29(12-13-29)21-7-11-26-27(15-21)37-18-36-26)16-25(19)20-5-9-24(10-6-20)38(33,34)30-17-23-3-2-14-35-23;/h2-11,14-16,30H,12-13,17-18H2,1H3,(H,31,32);1H. The van der Waals surface area contributed by atoms with Gasteiger partial charge in [-0.25, -0.2) is 13.1 Å². The van der Waals surface area contributed by atoms with E-state index >= 15 is 0 Å². The van der Waals surface area contributed by atoms with E-state index in [0.29, 0.717) is 22.9 Å². The summed E-state index contributed by atoms with van der Waals surface area (Å²) in [5.41, 5.74) is 3.78. The molecule has 4 aromatic rings. The Morgan fingerprint density at radius 2 is 1.76 bits per heavy atom. The van der Waals surface area contributed by atoms with Gasteiger partial charge in [-0.05, 0) is 90.6 Å². The highest BCUT2D eigenvalue weighted by molar-refractivity contribution is 7.89. The van der Waals surface area contributed by atoms with E-state index in [4.69, 9.17) is 13.9 Å². The Bertz CT molecular complexity index is 1610. The lowest BCUT2D eigenvalue weighted by Gasteiger charge is -2.17. The van der Waals surface area contributed by atoms with Crippen LogP contribution in [0.4, 0.5) is 5.69 Å². The number of rotatable bonds is 8. The highest BCUT2D eigenvalue weighted by Gasteiger charge is 2.51. The van der Waals surface area contributed by atoms with Crippen LogP contribution in [0.5, 0.6) is 11.5 Å². The molecule has 8 nitrogen and oxygen atoms in total. The molecule has 9 heteroatoms. The number of carbonyl (C=O) groups is 1. The molecule has 2 aliphatic rings. The van der Waals surface area contributed by atoms with Crippen LogP contribution in [-0.2, 0) is 26.8 Å². The SMILES string of the molecule is Cc1ccc(NC(=O)C2(c3ccc4c(c3)OCO4)CC2)cc1-c1ccc(S(=O)(=O)NCc2ccco2)cc1.[HH]. The van der Waals surface area contributed by atoms with Crippen molar-refractivity contribution in [1.29, 1.82) is 0 Å². The van der Waals surface area contributed by atoms with Crippen molar-refractivity contribution in [2.75, 3.05) is 12.1 Å². The number of anilines is 1. The predicted octanol–water partition coefficient (Wildman–Crippen LogP) is 5.38. The van der Waals surface area contributed by atoms with Crippen LogP contribution in [0, 0.1) is 6.92 Å². The van der Waals surface area contributed by atoms with Gasteiger partial charge in [-0.2, -0.15) is 0 Å². The first-order chi connectivity index (χ1) is 18.3. The number of hydrogen-bond acceptors (Lipinski definition) is 6. The summed E-state index contributed by atoms with van der Waals surface area (Å²) in [6.07, 6.45) is 3.03. The number of carbonyl (C=O) groups excluding carboxylic acids is 1. The third-order valence-corrected chi connectivity index (χ3v) is 8.51. The molecule has 3 aromatic carbocycles. The second-order valence-electron chi connectivity index (χ2n) is 9.56. The summed E-state index contributed by atoms with van der Waals surface area (Å²) >= 11 is 0. The lowest BCUT2D eigenvalue weighted by atomic mass is 9.94. The smallest absolute Gasteiger partial charge is 0.240 e. The Morgan fingerprint density at radius 1 is 0.974 bits per heavy atom. The fourth-order valence-corrected chi connectivity index (χ4v) is 5.70. The van der Waals surface area contributed by atoms with E-state index in [-0.39, 0.29) is 25.6 Å². The normalized spacial score (nSPS) is 15.3. The Hall–Kier alpha value is -4.08. The summed E-state index contributed by atoms with van der Waals surface area (Å²) in [6, 6.07) is 21.5. The third kappa shape index (κ3) is 4.55. The molecule has 1 aromatic heterocycles. The molecule has 6 rings (SSSR count). The van der Waals surface area contributed by atoms with Crippen molar-refractivity contribution in [3.05, 3.63) is 95.9 Å². The minimum atomic E-state index is -3.69. The molecule has 1 fully saturated rings. The summed E-state index contributed by atoms with van der Waals surface area (Å²) in [5, 5.41) is 3.09. The Labute approximate surface area is 222 Å². The van der Waals surface area contributed by atoms with Gasteiger partial charge in [0, 0.05) is 7.11 Å². The van der Waals surface area contributed by atoms with Gasteiger partial charge in [0.05, 0.1) is 23.1 Å². The average Bonchev–Trinajstić information content (AvgIpc) is 3.32. The maximum absolute atomic E-state index is 13.4. The number of ether oxygens (including phenoxy) is 2. The van der Waals surface area contributed by atoms with Crippen LogP contribution >= 0.6 is 0 Å². The van der Waals surface area contributed by atoms with Crippen LogP contribution in [0.1, 0.15) is 31.2 Å². The zero-order chi connectivity index (χ0) is 26.3. The number of hydrogen-bond donors (Lipinski definition) is 2. The van der Waals surface area contributed by atoms with E-state index in [2.05, 4.69) is 10.0 Å². The molecular formula is C29H28N2O6S. The second-order valence-corrected chi connectivity index (χ2v) is 11.3. The van der Waals surface area contributed by atoms with Crippen molar-refractivity contribution in [2.24, 2.45) is 0 Å². The molecule has 0 saturated heterocycles. The van der Waals surface area contributed by atoms with Gasteiger partial charge in [0.15, 0.2) is 11.5 Å². The lowest BCUT2D eigenvalue weighted by molar-refractivity contribution is -0.118. The molecule has 2 N–H and O–H groups in total. The maximum Gasteiger partial charge on any atom is 0.240 e. The quantitative estimate of drug-likeness (QED) is 0.316. The molecular weight excluding hydrogens is 504 g/mol. The third-order valence-electron chi connectivity index (χ3n) is 7.10. The lowest BCUT2D eigenvalue weighted by Crippen LogP contribution is -2.27. The molecule has 1 saturated carbocycles. The first kappa shape index (κ1) is 24.3. The molecule has 0 radical (unpaired) electrons. The average molecular weight is 533 g/mol. The van der Waals surface area contributed by atoms with Gasteiger partial charge in [0.25, 0.3) is 0 Å². The highest BCUT2D eigenvalue weighted by atomic mass is 32.2. The van der Waals surface area contributed by atoms with Crippen molar-refractivity contribution in [2.45, 2.75) is 36.6 Å². The Kier molecular flexibility index (Phi) is 5.97. The number of furan rings is 1. The molecule has 0 atom stereocenters. The predicted molar refractivity (Wildman–Crippen MR) is 144 cm³/mol. The van der Waals surface area contributed by atoms with Crippen LogP contribution in [-0.4, -0.2) is 21.1 Å². The summed E-state index contributed by atoms with van der Waals surface area (Å²) in [4.78, 5) is 13.5. The number of amides is 1. The zero-order valence-corrected chi connectivity index (χ0v) is 21.5. The number of nitrogens with one attached hydrogen (secondary N) is 2. The van der Waals surface area contributed by atoms with E-state index in [1.54, 1.807) is 36.4 Å². The molecule has 1 aliphatic carbocycles. The fourth-order valence-electron chi connectivity index (χ4n) is 4.70. The van der Waals surface area contributed by atoms with Crippen molar-refractivity contribution in [3.63, 3.8) is 0 Å². The van der Waals surface area contributed by atoms with Crippen LogP contribution < -0.4 is 19.5 Å². The monoisotopic (exact) mass is 532 g/mol. The van der Waals surface area contributed by atoms with Gasteiger partial charge in [-0.3, -0.25) is 4.79 Å². The summed E-state index contributed by atoms with van der Waals surface area (Å²) < 4.78 is 44.0. The van der Waals surface area contributed by atoms with E-state index in [1.807, 2.05) is 43.3 Å². The Balaban J connectivity index is 0.00000308. The molecule has 2 heterocycles. The first-order valence-electron chi connectivity index (χ1n) is 12.3. The summed E-state index contributed by atoms with van der Waals surface area (Å²) in [7, 11) is -3.69. The fraction of sp³-hybridized carbons (Fsp3) is 0.207. The minimum absolute atomic E-state index is 0. The van der Waals surface area contributed by atoms with Crippen LogP contribution in [0.15, 0.2) is 88.4 Å². The summed E-state index contributed by atoms with van der Waals surface area (Å²) in [5.74, 6) is 1.84. The van der Waals surface area contributed by atoms with Crippen molar-refractivity contribution in [1.82, 2.24) is 4.72 Å². The van der Waals surface area contributed by atoms with Gasteiger partial charge in [0.2, 0.25) is 22.7 Å². The van der Waals surface area contributed by atoms with Gasteiger partial charge < -0.3 is 19.2 Å². The van der Waals surface area contributed by atoms with E-state index in [9.17, 15) is 13.2 Å². The number of sulfonamides is 1. The Morgan fingerprint density at radius 3 is 2.50 bits per heavy atom. The molecule has 196 valence electrons. The summed E-state index contributed by atoms with van der Waals surface area (Å²) in [6.45, 7) is 2.25. The highest BCUT2D eigenvalue weighted by Crippen LogP contribution is 2.51. The number of fused-ring (bicyclic) bond motifs is 1. The number of benzene rings is 3. The maximum atomic E-state index is 13.4. The van der Waals surface area contributed by atoms with Gasteiger partial charge in [0.1, 0.15) is 5.76 Å². The first-order valence-corrected chi connectivity index (χ1v) is 13.8. The molecule has 1 amide bonds. The van der Waals surface area contributed by atoms with Gasteiger partial charge >= 0.3 is 0 Å². The largest absolute Gasteiger partial charge is 0.468 e. The van der Waals surface area contributed by atoms with Crippen molar-refractivity contribution in [3.8, 4) is 22.6 Å². The van der Waals surface area contributed by atoms with Crippen LogP contribution in [0.3, 0.4) is 0 Å². The molecule has 1 aliphatic heterocycles. The van der Waals surface area contributed by atoms with E-state index < -0.39 is 15.4 Å². The van der Waals surface area contributed by atoms with Crippen molar-refractivity contribution < 1.29 is 28.5 Å². The van der Waals surface area contributed by atoms with Gasteiger partial charge in [-0.15, -0.1) is 0 Å².